The lowest BCUT2D eigenvalue weighted by Gasteiger charge is -2.31. The third-order valence-corrected chi connectivity index (χ3v) is 8.26. The first-order valence-corrected chi connectivity index (χ1v) is 15.6. The molecule has 44 heavy (non-hydrogen) atoms. The van der Waals surface area contributed by atoms with Crippen molar-refractivity contribution in [2.75, 3.05) is 52.0 Å². The maximum Gasteiger partial charge on any atom is 0.247 e. The molecule has 1 saturated carbocycles. The zero-order valence-corrected chi connectivity index (χ0v) is 25.9. The fraction of sp³-hybridized carbons (Fsp3) is 0.353. The molecule has 7 rings (SSSR count). The van der Waals surface area contributed by atoms with Gasteiger partial charge in [0, 0.05) is 62.8 Å². The van der Waals surface area contributed by atoms with Crippen LogP contribution in [0.5, 0.6) is 0 Å². The van der Waals surface area contributed by atoms with Crippen molar-refractivity contribution in [1.82, 2.24) is 29.2 Å². The number of carbonyl (C=O) groups is 2. The average molecular weight is 614 g/mol. The Morgan fingerprint density at radius 1 is 0.955 bits per heavy atom. The first-order valence-electron chi connectivity index (χ1n) is 15.2. The lowest BCUT2D eigenvalue weighted by Crippen LogP contribution is -2.46. The molecule has 9 nitrogen and oxygen atoms in total. The SMILES string of the molecule is CN1CCN(C(=O)/C=C\Cl)CC1.Nc1ncccc1-c1nc2ccc(C3CC3)cc2n1-c1ccccc1.O=CN1CCCC1. The number of fused-ring (bicyclic) bond motifs is 1. The zero-order valence-electron chi connectivity index (χ0n) is 25.2. The highest BCUT2D eigenvalue weighted by Crippen LogP contribution is 2.41. The van der Waals surface area contributed by atoms with Gasteiger partial charge in [0.25, 0.3) is 0 Å². The Morgan fingerprint density at radius 3 is 2.30 bits per heavy atom. The molecule has 2 amide bonds. The fourth-order valence-corrected chi connectivity index (χ4v) is 5.53. The van der Waals surface area contributed by atoms with Gasteiger partial charge in [-0.1, -0.05) is 35.9 Å². The van der Waals surface area contributed by atoms with E-state index in [1.165, 1.54) is 42.9 Å². The molecule has 2 aliphatic heterocycles. The van der Waals surface area contributed by atoms with Crippen LogP contribution in [0.25, 0.3) is 28.1 Å². The number of pyridine rings is 1. The van der Waals surface area contributed by atoms with E-state index < -0.39 is 0 Å². The Hall–Kier alpha value is -4.21. The Kier molecular flexibility index (Phi) is 10.6. The van der Waals surface area contributed by atoms with Crippen molar-refractivity contribution in [3.8, 4) is 17.1 Å². The summed E-state index contributed by atoms with van der Waals surface area (Å²) in [5.74, 6) is 2.05. The summed E-state index contributed by atoms with van der Waals surface area (Å²) in [7, 11) is 2.05. The Labute approximate surface area is 263 Å². The number of nitrogens with two attached hydrogens (primary N) is 1. The Balaban J connectivity index is 0.000000167. The molecule has 0 atom stereocenters. The summed E-state index contributed by atoms with van der Waals surface area (Å²) in [4.78, 5) is 36.1. The highest BCUT2D eigenvalue weighted by Gasteiger charge is 2.25. The molecule has 2 aromatic heterocycles. The number of likely N-dealkylation sites (N-methyl/N-ethyl adjacent to an activating group) is 1. The second-order valence-electron chi connectivity index (χ2n) is 11.3. The van der Waals surface area contributed by atoms with Crippen LogP contribution in [-0.4, -0.2) is 87.9 Å². The largest absolute Gasteiger partial charge is 0.383 e. The molecule has 1 aliphatic carbocycles. The van der Waals surface area contributed by atoms with E-state index in [0.29, 0.717) is 11.7 Å². The van der Waals surface area contributed by atoms with Gasteiger partial charge in [0.15, 0.2) is 0 Å². The lowest BCUT2D eigenvalue weighted by atomic mass is 10.1. The van der Waals surface area contributed by atoms with E-state index in [-0.39, 0.29) is 5.91 Å². The van der Waals surface area contributed by atoms with Crippen LogP contribution in [0.15, 0.2) is 78.5 Å². The van der Waals surface area contributed by atoms with Crippen molar-refractivity contribution in [2.24, 2.45) is 0 Å². The molecule has 3 fully saturated rings. The van der Waals surface area contributed by atoms with Crippen molar-refractivity contribution < 1.29 is 9.59 Å². The summed E-state index contributed by atoms with van der Waals surface area (Å²) in [6, 6.07) is 20.8. The van der Waals surface area contributed by atoms with Gasteiger partial charge in [-0.15, -0.1) is 0 Å². The van der Waals surface area contributed by atoms with Crippen LogP contribution in [0, 0.1) is 0 Å². The maximum absolute atomic E-state index is 11.2. The summed E-state index contributed by atoms with van der Waals surface area (Å²) >= 11 is 5.31. The first kappa shape index (κ1) is 31.2. The van der Waals surface area contributed by atoms with E-state index >= 15 is 0 Å². The standard InChI is InChI=1S/C21H18N4.C8H13ClN2O.C5H9NO/c22-20-17(7-4-12-23-20)21-24-18-11-10-15(14-8-9-14)13-19(18)25(21)16-5-2-1-3-6-16;1-10-4-6-11(7-5-10)8(12)2-3-9;7-5-6-3-1-2-4-6/h1-7,10-14H,8-9H2,(H2,22,23);2-3H,4-7H2,1H3;5H,1-4H2/b;3-2-;. The highest BCUT2D eigenvalue weighted by molar-refractivity contribution is 6.26. The van der Waals surface area contributed by atoms with Gasteiger partial charge in [0.1, 0.15) is 11.6 Å². The van der Waals surface area contributed by atoms with Gasteiger partial charge in [-0.3, -0.25) is 14.2 Å². The van der Waals surface area contributed by atoms with Crippen molar-refractivity contribution >= 4 is 40.8 Å². The van der Waals surface area contributed by atoms with E-state index in [1.807, 2.05) is 30.3 Å². The number of piperazine rings is 1. The monoisotopic (exact) mass is 613 g/mol. The molecule has 10 heteroatoms. The van der Waals surface area contributed by atoms with Gasteiger partial charge in [-0.25, -0.2) is 9.97 Å². The van der Waals surface area contributed by atoms with Gasteiger partial charge in [-0.05, 0) is 80.6 Å². The number of aromatic nitrogens is 3. The number of benzene rings is 2. The highest BCUT2D eigenvalue weighted by atomic mass is 35.5. The molecule has 0 unspecified atom stereocenters. The number of para-hydroxylation sites is 1. The fourth-order valence-electron chi connectivity index (χ4n) is 5.42. The Bertz CT molecular complexity index is 1570. The van der Waals surface area contributed by atoms with Crippen molar-refractivity contribution in [3.63, 3.8) is 0 Å². The van der Waals surface area contributed by atoms with Crippen LogP contribution in [0.3, 0.4) is 0 Å². The number of imidazole rings is 1. The number of carbonyl (C=O) groups excluding carboxylic acids is 2. The molecule has 3 aliphatic rings. The molecule has 230 valence electrons. The number of halogens is 1. The first-order chi connectivity index (χ1) is 21.5. The van der Waals surface area contributed by atoms with E-state index in [1.54, 1.807) is 16.0 Å². The van der Waals surface area contributed by atoms with Gasteiger partial charge in [0.2, 0.25) is 12.3 Å². The normalized spacial score (nSPS) is 16.8. The molecule has 2 N–H and O–H groups in total. The molecular weight excluding hydrogens is 574 g/mol. The van der Waals surface area contributed by atoms with Gasteiger partial charge in [0.05, 0.1) is 16.6 Å². The average Bonchev–Trinajstić information content (AvgIpc) is 3.63. The van der Waals surface area contributed by atoms with E-state index in [9.17, 15) is 9.59 Å². The molecule has 2 saturated heterocycles. The molecule has 0 radical (unpaired) electrons. The third kappa shape index (κ3) is 7.84. The second kappa shape index (κ2) is 15.0. The number of hydrogen-bond donors (Lipinski definition) is 1. The molecular formula is C34H40ClN7O2. The summed E-state index contributed by atoms with van der Waals surface area (Å²) < 4.78 is 2.19. The van der Waals surface area contributed by atoms with E-state index in [4.69, 9.17) is 22.3 Å². The van der Waals surface area contributed by atoms with Crippen LogP contribution < -0.4 is 5.73 Å². The maximum atomic E-state index is 11.2. The van der Waals surface area contributed by atoms with E-state index in [2.05, 4.69) is 51.8 Å². The minimum Gasteiger partial charge on any atom is -0.383 e. The van der Waals surface area contributed by atoms with Gasteiger partial charge < -0.3 is 20.4 Å². The number of nitrogens with zero attached hydrogens (tertiary/aromatic N) is 6. The van der Waals surface area contributed by atoms with Crippen molar-refractivity contribution in [1.29, 1.82) is 0 Å². The smallest absolute Gasteiger partial charge is 0.247 e. The predicted octanol–water partition coefficient (Wildman–Crippen LogP) is 5.30. The van der Waals surface area contributed by atoms with Gasteiger partial charge in [-0.2, -0.15) is 0 Å². The number of amides is 2. The van der Waals surface area contributed by atoms with Gasteiger partial charge >= 0.3 is 0 Å². The second-order valence-corrected chi connectivity index (χ2v) is 11.6. The van der Waals surface area contributed by atoms with Crippen molar-refractivity contribution in [2.45, 2.75) is 31.6 Å². The minimum atomic E-state index is 0.0121. The molecule has 2 aromatic carbocycles. The predicted molar refractivity (Wildman–Crippen MR) is 177 cm³/mol. The number of likely N-dealkylation sites (tertiary alicyclic amines) is 1. The number of hydrogen-bond acceptors (Lipinski definition) is 6. The number of anilines is 1. The number of nitrogen functional groups attached to an aromatic ring is 1. The molecule has 4 heterocycles. The van der Waals surface area contributed by atoms with Crippen LogP contribution in [-0.2, 0) is 9.59 Å². The van der Waals surface area contributed by atoms with Crippen LogP contribution in [0.4, 0.5) is 5.82 Å². The zero-order chi connectivity index (χ0) is 30.9. The summed E-state index contributed by atoms with van der Waals surface area (Å²) in [5, 5.41) is 0. The minimum absolute atomic E-state index is 0.0121. The summed E-state index contributed by atoms with van der Waals surface area (Å²) in [6.07, 6.45) is 8.98. The van der Waals surface area contributed by atoms with Crippen LogP contribution in [0.1, 0.15) is 37.2 Å². The van der Waals surface area contributed by atoms with Crippen molar-refractivity contribution in [3.05, 3.63) is 84.0 Å². The lowest BCUT2D eigenvalue weighted by molar-refractivity contribution is -0.127. The Morgan fingerprint density at radius 2 is 1.68 bits per heavy atom. The molecule has 0 bridgehead atoms. The topological polar surface area (TPSA) is 101 Å². The quantitative estimate of drug-likeness (QED) is 0.242. The summed E-state index contributed by atoms with van der Waals surface area (Å²) in [5.41, 5.74) is 12.8. The summed E-state index contributed by atoms with van der Waals surface area (Å²) in [6.45, 7) is 5.45. The van der Waals surface area contributed by atoms with Crippen LogP contribution >= 0.6 is 11.6 Å². The molecule has 0 spiro atoms. The number of rotatable bonds is 5. The van der Waals surface area contributed by atoms with Crippen LogP contribution in [0.2, 0.25) is 0 Å². The molecule has 4 aromatic rings. The third-order valence-electron chi connectivity index (χ3n) is 8.13. The van der Waals surface area contributed by atoms with E-state index in [0.717, 1.165) is 73.8 Å².